The molecule has 0 saturated carbocycles. The van der Waals surface area contributed by atoms with E-state index in [1.807, 2.05) is 0 Å². The first kappa shape index (κ1) is 20.9. The van der Waals surface area contributed by atoms with Crippen molar-refractivity contribution in [2.75, 3.05) is 26.8 Å². The first-order chi connectivity index (χ1) is 13.8. The molecule has 0 bridgehead atoms. The average Bonchev–Trinajstić information content (AvgIpc) is 2.71. The molecule has 9 heteroatoms. The Morgan fingerprint density at radius 3 is 2.72 bits per heavy atom. The Bertz CT molecular complexity index is 881. The van der Waals surface area contributed by atoms with Gasteiger partial charge in [-0.3, -0.25) is 4.79 Å². The molecule has 2 aromatic carbocycles. The molecule has 29 heavy (non-hydrogen) atoms. The molecule has 0 aromatic heterocycles. The van der Waals surface area contributed by atoms with Crippen LogP contribution in [0.4, 0.5) is 13.2 Å². The third-order valence-electron chi connectivity index (χ3n) is 4.60. The highest BCUT2D eigenvalue weighted by atomic mass is 19.4. The van der Waals surface area contributed by atoms with Gasteiger partial charge >= 0.3 is 6.18 Å². The van der Waals surface area contributed by atoms with Crippen LogP contribution in [0, 0.1) is 0 Å². The Kier molecular flexibility index (Phi) is 6.29. The number of phenolic OH excluding ortho intramolecular Hbond substituents is 1. The fraction of sp³-hybridized carbons (Fsp3) is 0.350. The second-order valence-electron chi connectivity index (χ2n) is 6.55. The van der Waals surface area contributed by atoms with Crippen molar-refractivity contribution in [3.8, 4) is 11.5 Å². The lowest BCUT2D eigenvalue weighted by Gasteiger charge is -2.26. The molecule has 1 aliphatic rings. The minimum atomic E-state index is -4.57. The maximum absolute atomic E-state index is 13.2. The van der Waals surface area contributed by atoms with Gasteiger partial charge in [0.2, 0.25) is 0 Å². The number of morpholine rings is 1. The lowest BCUT2D eigenvalue weighted by Crippen LogP contribution is -2.35. The standard InChI is InChI=1S/C20H21F3N2O4/c1-28-17-5-2-12(8-16(17)26)10-25-19(27)15-9-13(20(21,22)23)3-4-14(15)18-11-24-6-7-29-18/h2-5,8-9,18,24,26H,6-7,10-11H2,1H3,(H,25,27). The van der Waals surface area contributed by atoms with E-state index in [-0.39, 0.29) is 23.6 Å². The molecule has 1 amide bonds. The summed E-state index contributed by atoms with van der Waals surface area (Å²) < 4.78 is 50.0. The number of carbonyl (C=O) groups is 1. The monoisotopic (exact) mass is 410 g/mol. The number of hydrogen-bond donors (Lipinski definition) is 3. The van der Waals surface area contributed by atoms with Gasteiger partial charge < -0.3 is 25.2 Å². The first-order valence-corrected chi connectivity index (χ1v) is 8.97. The Hall–Kier alpha value is -2.78. The lowest BCUT2D eigenvalue weighted by atomic mass is 9.97. The molecule has 1 heterocycles. The zero-order valence-corrected chi connectivity index (χ0v) is 15.7. The summed E-state index contributed by atoms with van der Waals surface area (Å²) in [6.07, 6.45) is -5.09. The molecule has 3 N–H and O–H groups in total. The Morgan fingerprint density at radius 2 is 2.10 bits per heavy atom. The van der Waals surface area contributed by atoms with Gasteiger partial charge in [0, 0.05) is 25.2 Å². The summed E-state index contributed by atoms with van der Waals surface area (Å²) in [5, 5.41) is 15.5. The number of halogens is 3. The van der Waals surface area contributed by atoms with Crippen molar-refractivity contribution in [1.29, 1.82) is 0 Å². The van der Waals surface area contributed by atoms with Crippen LogP contribution in [-0.4, -0.2) is 37.8 Å². The van der Waals surface area contributed by atoms with Crippen LogP contribution in [0.15, 0.2) is 36.4 Å². The average molecular weight is 410 g/mol. The minimum absolute atomic E-state index is 0.0237. The number of ether oxygens (including phenoxy) is 2. The van der Waals surface area contributed by atoms with E-state index in [1.54, 1.807) is 6.07 Å². The summed E-state index contributed by atoms with van der Waals surface area (Å²) in [5.41, 5.74) is -0.0374. The highest BCUT2D eigenvalue weighted by Crippen LogP contribution is 2.33. The number of hydrogen-bond acceptors (Lipinski definition) is 5. The van der Waals surface area contributed by atoms with Gasteiger partial charge in [-0.2, -0.15) is 13.2 Å². The molecule has 2 aromatic rings. The maximum Gasteiger partial charge on any atom is 0.416 e. The van der Waals surface area contributed by atoms with E-state index in [4.69, 9.17) is 9.47 Å². The predicted molar refractivity (Wildman–Crippen MR) is 98.8 cm³/mol. The molecule has 6 nitrogen and oxygen atoms in total. The second kappa shape index (κ2) is 8.71. The molecule has 0 aliphatic carbocycles. The van der Waals surface area contributed by atoms with E-state index in [0.717, 1.165) is 12.1 Å². The number of phenols is 1. The van der Waals surface area contributed by atoms with Gasteiger partial charge in [-0.25, -0.2) is 0 Å². The van der Waals surface area contributed by atoms with Crippen molar-refractivity contribution in [3.05, 3.63) is 58.7 Å². The van der Waals surface area contributed by atoms with E-state index in [2.05, 4.69) is 10.6 Å². The van der Waals surface area contributed by atoms with Crippen LogP contribution in [-0.2, 0) is 17.5 Å². The summed E-state index contributed by atoms with van der Waals surface area (Å²) in [5.74, 6) is -0.474. The summed E-state index contributed by atoms with van der Waals surface area (Å²) >= 11 is 0. The normalized spacial score (nSPS) is 17.0. The zero-order chi connectivity index (χ0) is 21.0. The Balaban J connectivity index is 1.84. The molecule has 1 saturated heterocycles. The number of carbonyl (C=O) groups excluding carboxylic acids is 1. The number of alkyl halides is 3. The van der Waals surface area contributed by atoms with Crippen LogP contribution < -0.4 is 15.4 Å². The van der Waals surface area contributed by atoms with Gasteiger partial charge in [0.25, 0.3) is 5.91 Å². The minimum Gasteiger partial charge on any atom is -0.504 e. The molecule has 0 spiro atoms. The number of nitrogens with one attached hydrogen (secondary N) is 2. The topological polar surface area (TPSA) is 79.8 Å². The van der Waals surface area contributed by atoms with Gasteiger partial charge in [-0.05, 0) is 35.4 Å². The lowest BCUT2D eigenvalue weighted by molar-refractivity contribution is -0.137. The van der Waals surface area contributed by atoms with Crippen LogP contribution in [0.5, 0.6) is 11.5 Å². The molecular formula is C20H21F3N2O4. The third-order valence-corrected chi connectivity index (χ3v) is 4.60. The number of benzene rings is 2. The van der Waals surface area contributed by atoms with E-state index in [1.165, 1.54) is 25.3 Å². The molecule has 0 radical (unpaired) electrons. The molecule has 156 valence electrons. The number of rotatable bonds is 5. The first-order valence-electron chi connectivity index (χ1n) is 8.97. The second-order valence-corrected chi connectivity index (χ2v) is 6.55. The Labute approximate surface area is 165 Å². The fourth-order valence-corrected chi connectivity index (χ4v) is 3.10. The van der Waals surface area contributed by atoms with Crippen LogP contribution in [0.25, 0.3) is 0 Å². The molecule has 1 fully saturated rings. The zero-order valence-electron chi connectivity index (χ0n) is 15.7. The van der Waals surface area contributed by atoms with Gasteiger partial charge in [-0.1, -0.05) is 12.1 Å². The van der Waals surface area contributed by atoms with Gasteiger partial charge in [-0.15, -0.1) is 0 Å². The van der Waals surface area contributed by atoms with Crippen LogP contribution in [0.1, 0.15) is 33.2 Å². The van der Waals surface area contributed by atoms with Crippen LogP contribution >= 0.6 is 0 Å². The summed E-state index contributed by atoms with van der Waals surface area (Å²) in [6, 6.07) is 7.67. The summed E-state index contributed by atoms with van der Waals surface area (Å²) in [7, 11) is 1.41. The quantitative estimate of drug-likeness (QED) is 0.706. The van der Waals surface area contributed by atoms with Crippen molar-refractivity contribution in [1.82, 2.24) is 10.6 Å². The van der Waals surface area contributed by atoms with E-state index in [0.29, 0.717) is 30.8 Å². The summed E-state index contributed by atoms with van der Waals surface area (Å²) in [4.78, 5) is 12.7. The highest BCUT2D eigenvalue weighted by Gasteiger charge is 2.33. The van der Waals surface area contributed by atoms with Crippen LogP contribution in [0.2, 0.25) is 0 Å². The SMILES string of the molecule is COc1ccc(CNC(=O)c2cc(C(F)(F)F)ccc2C2CNCCO2)cc1O. The number of methoxy groups -OCH3 is 1. The van der Waals surface area contributed by atoms with E-state index in [9.17, 15) is 23.1 Å². The van der Waals surface area contributed by atoms with Gasteiger partial charge in [0.05, 0.1) is 25.4 Å². The maximum atomic E-state index is 13.2. The van der Waals surface area contributed by atoms with E-state index >= 15 is 0 Å². The van der Waals surface area contributed by atoms with Crippen molar-refractivity contribution in [2.45, 2.75) is 18.8 Å². The van der Waals surface area contributed by atoms with Gasteiger partial charge in [0.15, 0.2) is 11.5 Å². The molecule has 3 rings (SSSR count). The van der Waals surface area contributed by atoms with Crippen molar-refractivity contribution < 1.29 is 32.5 Å². The highest BCUT2D eigenvalue weighted by molar-refractivity contribution is 5.96. The predicted octanol–water partition coefficient (Wildman–Crippen LogP) is 3.01. The van der Waals surface area contributed by atoms with Crippen molar-refractivity contribution in [2.24, 2.45) is 0 Å². The molecule has 1 atom stereocenters. The fourth-order valence-electron chi connectivity index (χ4n) is 3.10. The number of amides is 1. The third kappa shape index (κ3) is 4.99. The Morgan fingerprint density at radius 1 is 1.31 bits per heavy atom. The van der Waals surface area contributed by atoms with E-state index < -0.39 is 23.8 Å². The van der Waals surface area contributed by atoms with Crippen LogP contribution in [0.3, 0.4) is 0 Å². The molecular weight excluding hydrogens is 389 g/mol. The largest absolute Gasteiger partial charge is 0.504 e. The summed E-state index contributed by atoms with van der Waals surface area (Å²) in [6.45, 7) is 1.46. The number of aromatic hydroxyl groups is 1. The molecule has 1 aliphatic heterocycles. The molecule has 1 unspecified atom stereocenters. The van der Waals surface area contributed by atoms with Crippen molar-refractivity contribution in [3.63, 3.8) is 0 Å². The smallest absolute Gasteiger partial charge is 0.416 e. The van der Waals surface area contributed by atoms with Gasteiger partial charge in [0.1, 0.15) is 0 Å². The van der Waals surface area contributed by atoms with Crippen molar-refractivity contribution >= 4 is 5.91 Å².